The molecule has 0 atom stereocenters. The summed E-state index contributed by atoms with van der Waals surface area (Å²) in [5.41, 5.74) is 2.84. The normalized spacial score (nSPS) is 16.3. The van der Waals surface area contributed by atoms with Crippen LogP contribution in [0.4, 0.5) is 5.13 Å². The second kappa shape index (κ2) is 7.02. The van der Waals surface area contributed by atoms with Crippen LogP contribution >= 0.6 is 11.3 Å². The Morgan fingerprint density at radius 3 is 2.57 bits per heavy atom. The number of thiazole rings is 1. The lowest BCUT2D eigenvalue weighted by Gasteiger charge is -2.34. The Bertz CT molecular complexity index is 547. The van der Waals surface area contributed by atoms with Gasteiger partial charge in [-0.1, -0.05) is 24.3 Å². The molecule has 1 aromatic heterocycles. The van der Waals surface area contributed by atoms with Crippen LogP contribution in [0.15, 0.2) is 35.8 Å². The van der Waals surface area contributed by atoms with E-state index in [2.05, 4.69) is 49.7 Å². The first-order valence-corrected chi connectivity index (χ1v) is 8.33. The van der Waals surface area contributed by atoms with Gasteiger partial charge in [-0.3, -0.25) is 4.90 Å². The minimum atomic E-state index is 0.940. The number of aromatic nitrogens is 1. The molecule has 1 saturated heterocycles. The molecular weight excluding hydrogens is 280 g/mol. The van der Waals surface area contributed by atoms with Crippen LogP contribution in [0, 0.1) is 0 Å². The SMILES string of the molecule is CNCc1ccccc1CN1CCN(c2nccs2)CC1. The summed E-state index contributed by atoms with van der Waals surface area (Å²) in [5.74, 6) is 0. The third kappa shape index (κ3) is 3.61. The van der Waals surface area contributed by atoms with Crippen LogP contribution in [0.25, 0.3) is 0 Å². The van der Waals surface area contributed by atoms with Crippen LogP contribution in [0.2, 0.25) is 0 Å². The topological polar surface area (TPSA) is 31.4 Å². The van der Waals surface area contributed by atoms with E-state index >= 15 is 0 Å². The Balaban J connectivity index is 1.58. The van der Waals surface area contributed by atoms with Gasteiger partial charge in [0.25, 0.3) is 0 Å². The highest BCUT2D eigenvalue weighted by Crippen LogP contribution is 2.20. The molecule has 0 unspecified atom stereocenters. The van der Waals surface area contributed by atoms with E-state index in [4.69, 9.17) is 0 Å². The van der Waals surface area contributed by atoms with Gasteiger partial charge >= 0.3 is 0 Å². The molecule has 0 spiro atoms. The Morgan fingerprint density at radius 1 is 1.14 bits per heavy atom. The summed E-state index contributed by atoms with van der Waals surface area (Å²) >= 11 is 1.73. The van der Waals surface area contributed by atoms with E-state index in [9.17, 15) is 0 Å². The van der Waals surface area contributed by atoms with Gasteiger partial charge in [0.05, 0.1) is 0 Å². The van der Waals surface area contributed by atoms with E-state index in [1.807, 2.05) is 13.2 Å². The minimum Gasteiger partial charge on any atom is -0.346 e. The zero-order valence-electron chi connectivity index (χ0n) is 12.5. The van der Waals surface area contributed by atoms with Crippen LogP contribution < -0.4 is 10.2 Å². The van der Waals surface area contributed by atoms with Crippen LogP contribution in [0.3, 0.4) is 0 Å². The maximum Gasteiger partial charge on any atom is 0.185 e. The average Bonchev–Trinajstić information content (AvgIpc) is 3.05. The zero-order chi connectivity index (χ0) is 14.5. The van der Waals surface area contributed by atoms with E-state index < -0.39 is 0 Å². The van der Waals surface area contributed by atoms with Gasteiger partial charge in [0, 0.05) is 50.8 Å². The minimum absolute atomic E-state index is 0.940. The van der Waals surface area contributed by atoms with Gasteiger partial charge in [-0.2, -0.15) is 0 Å². The number of hydrogen-bond donors (Lipinski definition) is 1. The van der Waals surface area contributed by atoms with Crippen LogP contribution in [0.5, 0.6) is 0 Å². The predicted octanol–water partition coefficient (Wildman–Crippen LogP) is 2.18. The molecule has 1 aliphatic heterocycles. The summed E-state index contributed by atoms with van der Waals surface area (Å²) in [4.78, 5) is 9.33. The molecule has 0 aliphatic carbocycles. The Hall–Kier alpha value is -1.43. The van der Waals surface area contributed by atoms with Gasteiger partial charge in [0.1, 0.15) is 0 Å². The fourth-order valence-corrected chi connectivity index (χ4v) is 3.48. The van der Waals surface area contributed by atoms with Crippen molar-refractivity contribution in [2.24, 2.45) is 0 Å². The fraction of sp³-hybridized carbons (Fsp3) is 0.438. The van der Waals surface area contributed by atoms with E-state index in [1.165, 1.54) is 11.1 Å². The lowest BCUT2D eigenvalue weighted by atomic mass is 10.1. The van der Waals surface area contributed by atoms with Crippen molar-refractivity contribution >= 4 is 16.5 Å². The number of nitrogens with zero attached hydrogens (tertiary/aromatic N) is 3. The van der Waals surface area contributed by atoms with E-state index in [0.717, 1.165) is 44.4 Å². The first kappa shape index (κ1) is 14.5. The first-order chi connectivity index (χ1) is 10.4. The summed E-state index contributed by atoms with van der Waals surface area (Å²) in [6.45, 7) is 6.34. The van der Waals surface area contributed by atoms with Crippen LogP contribution in [0.1, 0.15) is 11.1 Å². The van der Waals surface area contributed by atoms with Crippen molar-refractivity contribution < 1.29 is 0 Å². The molecule has 5 heteroatoms. The highest BCUT2D eigenvalue weighted by molar-refractivity contribution is 7.13. The van der Waals surface area contributed by atoms with E-state index in [0.29, 0.717) is 0 Å². The third-order valence-corrected chi connectivity index (χ3v) is 4.77. The lowest BCUT2D eigenvalue weighted by Crippen LogP contribution is -2.46. The average molecular weight is 302 g/mol. The Morgan fingerprint density at radius 2 is 1.90 bits per heavy atom. The molecule has 21 heavy (non-hydrogen) atoms. The van der Waals surface area contributed by atoms with Crippen molar-refractivity contribution in [3.05, 3.63) is 47.0 Å². The zero-order valence-corrected chi connectivity index (χ0v) is 13.3. The monoisotopic (exact) mass is 302 g/mol. The molecule has 0 saturated carbocycles. The lowest BCUT2D eigenvalue weighted by molar-refractivity contribution is 0.249. The van der Waals surface area contributed by atoms with E-state index in [-0.39, 0.29) is 0 Å². The molecule has 0 amide bonds. The molecule has 1 N–H and O–H groups in total. The van der Waals surface area contributed by atoms with Crippen molar-refractivity contribution in [1.82, 2.24) is 15.2 Å². The largest absolute Gasteiger partial charge is 0.346 e. The maximum atomic E-state index is 4.41. The van der Waals surface area contributed by atoms with Crippen LogP contribution in [-0.4, -0.2) is 43.1 Å². The number of rotatable bonds is 5. The van der Waals surface area contributed by atoms with Crippen molar-refractivity contribution in [2.45, 2.75) is 13.1 Å². The van der Waals surface area contributed by atoms with Gasteiger partial charge in [-0.05, 0) is 18.2 Å². The van der Waals surface area contributed by atoms with Gasteiger partial charge < -0.3 is 10.2 Å². The molecule has 0 bridgehead atoms. The Labute approximate surface area is 130 Å². The maximum absolute atomic E-state index is 4.41. The van der Waals surface area contributed by atoms with Crippen LogP contribution in [-0.2, 0) is 13.1 Å². The first-order valence-electron chi connectivity index (χ1n) is 7.45. The van der Waals surface area contributed by atoms with Gasteiger partial charge in [-0.25, -0.2) is 4.98 Å². The summed E-state index contributed by atoms with van der Waals surface area (Å²) in [5, 5.41) is 6.46. The molecule has 2 aromatic rings. The second-order valence-electron chi connectivity index (χ2n) is 5.38. The summed E-state index contributed by atoms with van der Waals surface area (Å²) in [7, 11) is 2.00. The second-order valence-corrected chi connectivity index (χ2v) is 6.25. The summed E-state index contributed by atoms with van der Waals surface area (Å²) in [6.07, 6.45) is 1.89. The number of nitrogens with one attached hydrogen (secondary N) is 1. The van der Waals surface area contributed by atoms with Gasteiger partial charge in [-0.15, -0.1) is 11.3 Å². The van der Waals surface area contributed by atoms with Crippen molar-refractivity contribution in [3.8, 4) is 0 Å². The molecule has 0 radical (unpaired) electrons. The number of benzene rings is 1. The fourth-order valence-electron chi connectivity index (χ4n) is 2.78. The predicted molar refractivity (Wildman–Crippen MR) is 88.8 cm³/mol. The summed E-state index contributed by atoms with van der Waals surface area (Å²) in [6, 6.07) is 8.73. The summed E-state index contributed by atoms with van der Waals surface area (Å²) < 4.78 is 0. The molecule has 1 fully saturated rings. The molecule has 1 aromatic carbocycles. The molecule has 1 aliphatic rings. The number of piperazine rings is 1. The smallest absolute Gasteiger partial charge is 0.185 e. The van der Waals surface area contributed by atoms with Gasteiger partial charge in [0.2, 0.25) is 0 Å². The molecule has 112 valence electrons. The number of hydrogen-bond acceptors (Lipinski definition) is 5. The standard InChI is InChI=1S/C16H22N4S/c1-17-12-14-4-2-3-5-15(14)13-19-7-9-20(10-8-19)16-18-6-11-21-16/h2-6,11,17H,7-10,12-13H2,1H3. The highest BCUT2D eigenvalue weighted by atomic mass is 32.1. The quantitative estimate of drug-likeness (QED) is 0.917. The molecule has 2 heterocycles. The Kier molecular flexibility index (Phi) is 4.85. The molecule has 3 rings (SSSR count). The molecule has 4 nitrogen and oxygen atoms in total. The highest BCUT2D eigenvalue weighted by Gasteiger charge is 2.19. The van der Waals surface area contributed by atoms with Crippen molar-refractivity contribution in [2.75, 3.05) is 38.1 Å². The third-order valence-electron chi connectivity index (χ3n) is 3.94. The molecular formula is C16H22N4S. The van der Waals surface area contributed by atoms with E-state index in [1.54, 1.807) is 11.3 Å². The number of anilines is 1. The van der Waals surface area contributed by atoms with Gasteiger partial charge in [0.15, 0.2) is 5.13 Å². The van der Waals surface area contributed by atoms with Crippen molar-refractivity contribution in [3.63, 3.8) is 0 Å². The van der Waals surface area contributed by atoms with Crippen molar-refractivity contribution in [1.29, 1.82) is 0 Å².